The number of nitrogens with two attached hydrogens (primary N) is 2. The number of alkyl halides is 5. The van der Waals surface area contributed by atoms with Crippen LogP contribution < -0.4 is 16.2 Å². The van der Waals surface area contributed by atoms with Crippen LogP contribution in [-0.2, 0) is 27.2 Å². The Balaban J connectivity index is 2.14. The Kier molecular flexibility index (Phi) is 10.2. The summed E-state index contributed by atoms with van der Waals surface area (Å²) in [6, 6.07) is 4.74. The van der Waals surface area contributed by atoms with Crippen LogP contribution in [0.1, 0.15) is 75.8 Å². The maximum Gasteiger partial charge on any atom is 0.416 e. The summed E-state index contributed by atoms with van der Waals surface area (Å²) < 4.78 is 127. The minimum absolute atomic E-state index is 0.0222. The predicted molar refractivity (Wildman–Crippen MR) is 171 cm³/mol. The summed E-state index contributed by atoms with van der Waals surface area (Å²) in [5, 5.41) is 8.09. The van der Waals surface area contributed by atoms with Crippen LogP contribution in [0.2, 0.25) is 25.7 Å². The summed E-state index contributed by atoms with van der Waals surface area (Å²) >= 11 is 0. The predicted octanol–water partition coefficient (Wildman–Crippen LogP) is 6.22. The number of hydrogen-bond acceptors (Lipinski definition) is 6. The van der Waals surface area contributed by atoms with E-state index in [1.165, 1.54) is 0 Å². The molecule has 3 atom stereocenters. The third kappa shape index (κ3) is 10.5. The average Bonchev–Trinajstić information content (AvgIpc) is 3.71. The lowest BCUT2D eigenvalue weighted by Crippen LogP contribution is -2.43. The largest absolute Gasteiger partial charge is 0.416 e. The number of benzene rings is 1. The summed E-state index contributed by atoms with van der Waals surface area (Å²) in [5.41, 5.74) is 3.75. The van der Waals surface area contributed by atoms with Crippen LogP contribution in [0, 0.1) is 5.92 Å². The molecule has 5 N–H and O–H groups in total. The summed E-state index contributed by atoms with van der Waals surface area (Å²) in [4.78, 5) is 4.80. The van der Waals surface area contributed by atoms with E-state index < -0.39 is 73.1 Å². The van der Waals surface area contributed by atoms with E-state index in [4.69, 9.17) is 30.8 Å². The number of imidazole rings is 1. The molecule has 258 valence electrons. The molecule has 1 saturated carbocycles. The fraction of sp³-hybridized carbons (Fsp3) is 0.767. The maximum atomic E-state index is 14.8. The Morgan fingerprint density at radius 2 is 1.82 bits per heavy atom. The number of rotatable bonds is 18. The van der Waals surface area contributed by atoms with E-state index in [1.807, 2.05) is 0 Å². The van der Waals surface area contributed by atoms with Gasteiger partial charge in [-0.1, -0.05) is 25.7 Å². The van der Waals surface area contributed by atoms with E-state index in [9.17, 15) is 26.2 Å². The van der Waals surface area contributed by atoms with E-state index >= 15 is 0 Å². The lowest BCUT2D eigenvalue weighted by atomic mass is 9.95. The first kappa shape index (κ1) is 32.1. The van der Waals surface area contributed by atoms with Crippen LogP contribution >= 0.6 is 0 Å². The molecule has 1 fully saturated rings. The molecule has 0 amide bonds. The monoisotopic (exact) mass is 687 g/mol. The summed E-state index contributed by atoms with van der Waals surface area (Å²) in [5.74, 6) is -5.39. The van der Waals surface area contributed by atoms with E-state index in [0.717, 1.165) is 19.9 Å². The molecule has 0 saturated heterocycles. The molecule has 0 spiro atoms. The van der Waals surface area contributed by atoms with Crippen molar-refractivity contribution in [3.05, 3.63) is 29.6 Å². The highest BCUT2D eigenvalue weighted by Crippen LogP contribution is 2.42. The quantitative estimate of drug-likeness (QED) is 0.0975. The third-order valence-electron chi connectivity index (χ3n) is 8.01. The molecule has 0 aliphatic heterocycles. The SMILES string of the molecule is [2H]C([2H])(N)C(F)(F)C([2H])([2H])N[C@@H](c1ccc2c(c1)nc([C@H](COC(C)(C)C(F)(F)F)CC(C)(C)S(N)=O)n2COCC[Si](C)(C)C)C1CC1. The van der Waals surface area contributed by atoms with E-state index in [2.05, 4.69) is 25.0 Å². The van der Waals surface area contributed by atoms with Crippen LogP contribution in [-0.4, -0.2) is 70.5 Å². The van der Waals surface area contributed by atoms with Gasteiger partial charge >= 0.3 is 6.18 Å². The lowest BCUT2D eigenvalue weighted by Gasteiger charge is -2.32. The number of fused-ring (bicyclic) bond motifs is 1. The van der Waals surface area contributed by atoms with Gasteiger partial charge in [0.05, 0.1) is 46.4 Å². The Hall–Kier alpha value is -1.49. The summed E-state index contributed by atoms with van der Waals surface area (Å²) in [6.07, 6.45) is -3.44. The van der Waals surface area contributed by atoms with Crippen molar-refractivity contribution in [3.8, 4) is 0 Å². The van der Waals surface area contributed by atoms with Gasteiger partial charge in [-0.3, -0.25) is 5.14 Å². The van der Waals surface area contributed by atoms with Crippen molar-refractivity contribution >= 4 is 30.1 Å². The van der Waals surface area contributed by atoms with Crippen LogP contribution in [0.25, 0.3) is 11.0 Å². The molecule has 0 radical (unpaired) electrons. The van der Waals surface area contributed by atoms with Crippen molar-refractivity contribution in [1.29, 1.82) is 0 Å². The van der Waals surface area contributed by atoms with Crippen LogP contribution in [0.3, 0.4) is 0 Å². The fourth-order valence-corrected chi connectivity index (χ4v) is 5.86. The molecule has 3 rings (SSSR count). The van der Waals surface area contributed by atoms with Gasteiger partial charge in [0.1, 0.15) is 12.6 Å². The Bertz CT molecular complexity index is 1480. The average molecular weight is 688 g/mol. The smallest absolute Gasteiger partial charge is 0.365 e. The van der Waals surface area contributed by atoms with E-state index in [-0.39, 0.29) is 24.9 Å². The molecule has 0 bridgehead atoms. The number of ether oxygens (including phenoxy) is 2. The molecule has 1 aromatic carbocycles. The highest BCUT2D eigenvalue weighted by molar-refractivity contribution is 7.84. The first-order valence-electron chi connectivity index (χ1n) is 16.9. The van der Waals surface area contributed by atoms with Crippen molar-refractivity contribution < 1.29 is 41.1 Å². The minimum Gasteiger partial charge on any atom is -0.365 e. The van der Waals surface area contributed by atoms with Crippen LogP contribution in [0.5, 0.6) is 0 Å². The number of aromatic nitrogens is 2. The van der Waals surface area contributed by atoms with Crippen molar-refractivity contribution in [2.75, 3.05) is 26.2 Å². The highest BCUT2D eigenvalue weighted by atomic mass is 32.2. The van der Waals surface area contributed by atoms with Gasteiger partial charge in [0.15, 0.2) is 5.60 Å². The maximum absolute atomic E-state index is 14.8. The van der Waals surface area contributed by atoms with E-state index in [1.54, 1.807) is 36.6 Å². The molecule has 2 aromatic rings. The molecule has 1 aliphatic carbocycles. The Labute approximate surface area is 272 Å². The summed E-state index contributed by atoms with van der Waals surface area (Å²) in [6.45, 7) is 4.39. The van der Waals surface area contributed by atoms with Crippen molar-refractivity contribution in [2.24, 2.45) is 16.8 Å². The van der Waals surface area contributed by atoms with Gasteiger partial charge in [-0.05, 0) is 76.6 Å². The molecular formula is C30H50F5N5O3SSi. The van der Waals surface area contributed by atoms with Gasteiger partial charge in [-0.15, -0.1) is 0 Å². The topological polar surface area (TPSA) is 117 Å². The molecule has 1 aliphatic rings. The van der Waals surface area contributed by atoms with Crippen LogP contribution in [0.4, 0.5) is 22.0 Å². The third-order valence-corrected chi connectivity index (χ3v) is 11.0. The normalized spacial score (nSPS) is 19.5. The molecule has 45 heavy (non-hydrogen) atoms. The number of nitrogens with zero attached hydrogens (tertiary/aromatic N) is 2. The highest BCUT2D eigenvalue weighted by Gasteiger charge is 2.49. The number of hydrogen-bond donors (Lipinski definition) is 3. The molecule has 1 heterocycles. The molecular weight excluding hydrogens is 634 g/mol. The molecule has 1 aromatic heterocycles. The zero-order valence-corrected chi connectivity index (χ0v) is 28.8. The standard InChI is InChI=1S/C30H50F5N5O3SSi/c1-27(2,44(37)41)15-22(16-43-28(3,4)30(33,34)35)26-39-23-14-21(25(20-8-9-20)38-18-29(31,32)17-36)10-11-24(23)40(26)19-42-12-13-45(5,6)7/h10-11,14,20,22,25,38H,8-9,12-13,15-19,36-37H2,1-7H3/t22-,25+,44?/m0/s1/i17D2,18D2. The minimum atomic E-state index is -4.69. The second-order valence-electron chi connectivity index (χ2n) is 14.1. The van der Waals surface area contributed by atoms with Gasteiger partial charge in [0.25, 0.3) is 5.92 Å². The Morgan fingerprint density at radius 3 is 2.36 bits per heavy atom. The summed E-state index contributed by atoms with van der Waals surface area (Å²) in [7, 11) is -3.35. The van der Waals surface area contributed by atoms with Gasteiger partial charge in [0.2, 0.25) is 0 Å². The zero-order chi connectivity index (χ0) is 37.6. The van der Waals surface area contributed by atoms with Gasteiger partial charge in [-0.25, -0.2) is 18.0 Å². The molecule has 1 unspecified atom stereocenters. The fourth-order valence-electron chi connectivity index (χ4n) is 4.74. The van der Waals surface area contributed by atoms with Gasteiger partial charge in [-0.2, -0.15) is 13.2 Å². The number of halogens is 5. The van der Waals surface area contributed by atoms with E-state index in [0.29, 0.717) is 36.0 Å². The molecule has 15 heteroatoms. The second kappa shape index (κ2) is 14.3. The Morgan fingerprint density at radius 1 is 1.18 bits per heavy atom. The van der Waals surface area contributed by atoms with Crippen molar-refractivity contribution in [3.63, 3.8) is 0 Å². The number of nitrogens with one attached hydrogen (secondary N) is 1. The van der Waals surface area contributed by atoms with Gasteiger partial charge < -0.3 is 25.1 Å². The van der Waals surface area contributed by atoms with Gasteiger partial charge in [0, 0.05) is 32.1 Å². The molecule has 8 nitrogen and oxygen atoms in total. The first-order chi connectivity index (χ1) is 22.0. The van der Waals surface area contributed by atoms with Crippen LogP contribution in [0.15, 0.2) is 18.2 Å². The lowest BCUT2D eigenvalue weighted by molar-refractivity contribution is -0.265. The van der Waals surface area contributed by atoms with Crippen molar-refractivity contribution in [2.45, 2.75) is 114 Å². The second-order valence-corrected chi connectivity index (χ2v) is 21.4. The van der Waals surface area contributed by atoms with Crippen molar-refractivity contribution in [1.82, 2.24) is 14.9 Å². The zero-order valence-electron chi connectivity index (χ0n) is 31.0. The first-order valence-corrected chi connectivity index (χ1v) is 19.8.